The molecule has 0 radical (unpaired) electrons. The summed E-state index contributed by atoms with van der Waals surface area (Å²) in [7, 11) is 1.58. The molecule has 0 spiro atoms. The van der Waals surface area contributed by atoms with Gasteiger partial charge in [0.2, 0.25) is 0 Å². The Morgan fingerprint density at radius 1 is 1.18 bits per heavy atom. The quantitative estimate of drug-likeness (QED) is 0.882. The number of carbonyl (C=O) groups is 1. The summed E-state index contributed by atoms with van der Waals surface area (Å²) >= 11 is 0. The van der Waals surface area contributed by atoms with E-state index in [2.05, 4.69) is 5.32 Å². The molecule has 4 heteroatoms. The standard InChI is InChI=1S/C18H21NO3/c1-4-16(22-14-8-6-5-7-9-14)18(20)19-15-12-13(2)10-11-17(15)21-3/h5-12,16H,4H2,1-3H3,(H,19,20)/t16-/m0/s1. The molecule has 0 bridgehead atoms. The Hall–Kier alpha value is -2.49. The van der Waals surface area contributed by atoms with Crippen LogP contribution in [0, 0.1) is 6.92 Å². The minimum absolute atomic E-state index is 0.185. The molecule has 0 saturated carbocycles. The monoisotopic (exact) mass is 299 g/mol. The van der Waals surface area contributed by atoms with Crippen LogP contribution in [0.15, 0.2) is 48.5 Å². The number of benzene rings is 2. The number of ether oxygens (including phenoxy) is 2. The Morgan fingerprint density at radius 3 is 2.55 bits per heavy atom. The number of methoxy groups -OCH3 is 1. The SMILES string of the molecule is CC[C@H](Oc1ccccc1)C(=O)Nc1cc(C)ccc1OC. The fourth-order valence-corrected chi connectivity index (χ4v) is 2.12. The number of aryl methyl sites for hydroxylation is 1. The molecule has 0 aliphatic carbocycles. The topological polar surface area (TPSA) is 47.6 Å². The Labute approximate surface area is 131 Å². The predicted molar refractivity (Wildman–Crippen MR) is 87.5 cm³/mol. The second kappa shape index (κ2) is 7.50. The maximum atomic E-state index is 12.4. The highest BCUT2D eigenvalue weighted by Crippen LogP contribution is 2.25. The summed E-state index contributed by atoms with van der Waals surface area (Å²) in [5.41, 5.74) is 1.70. The lowest BCUT2D eigenvalue weighted by Crippen LogP contribution is -2.32. The molecule has 4 nitrogen and oxygen atoms in total. The van der Waals surface area contributed by atoms with Gasteiger partial charge in [0.1, 0.15) is 11.5 Å². The smallest absolute Gasteiger partial charge is 0.265 e. The molecule has 1 N–H and O–H groups in total. The maximum Gasteiger partial charge on any atom is 0.265 e. The zero-order valence-electron chi connectivity index (χ0n) is 13.1. The molecule has 1 atom stereocenters. The van der Waals surface area contributed by atoms with Gasteiger partial charge in [0.25, 0.3) is 5.91 Å². The molecule has 0 fully saturated rings. The fraction of sp³-hybridized carbons (Fsp3) is 0.278. The fourth-order valence-electron chi connectivity index (χ4n) is 2.12. The number of hydrogen-bond donors (Lipinski definition) is 1. The average Bonchev–Trinajstić information content (AvgIpc) is 2.53. The van der Waals surface area contributed by atoms with Crippen molar-refractivity contribution < 1.29 is 14.3 Å². The number of hydrogen-bond acceptors (Lipinski definition) is 3. The molecule has 2 aromatic carbocycles. The van der Waals surface area contributed by atoms with Gasteiger partial charge in [0, 0.05) is 0 Å². The van der Waals surface area contributed by atoms with Crippen molar-refractivity contribution >= 4 is 11.6 Å². The van der Waals surface area contributed by atoms with E-state index in [-0.39, 0.29) is 5.91 Å². The van der Waals surface area contributed by atoms with Gasteiger partial charge in [-0.1, -0.05) is 31.2 Å². The minimum atomic E-state index is -0.549. The van der Waals surface area contributed by atoms with Crippen LogP contribution in [0.2, 0.25) is 0 Å². The van der Waals surface area contributed by atoms with Crippen molar-refractivity contribution in [1.82, 2.24) is 0 Å². The van der Waals surface area contributed by atoms with E-state index in [4.69, 9.17) is 9.47 Å². The zero-order chi connectivity index (χ0) is 15.9. The Morgan fingerprint density at radius 2 is 1.91 bits per heavy atom. The zero-order valence-corrected chi connectivity index (χ0v) is 13.1. The number of rotatable bonds is 6. The van der Waals surface area contributed by atoms with Gasteiger partial charge < -0.3 is 14.8 Å². The molecule has 2 aromatic rings. The average molecular weight is 299 g/mol. The molecule has 22 heavy (non-hydrogen) atoms. The van der Waals surface area contributed by atoms with E-state index in [0.717, 1.165) is 5.56 Å². The van der Waals surface area contributed by atoms with Crippen molar-refractivity contribution in [2.45, 2.75) is 26.4 Å². The third-order valence-electron chi connectivity index (χ3n) is 3.30. The van der Waals surface area contributed by atoms with E-state index >= 15 is 0 Å². The molecule has 0 heterocycles. The van der Waals surface area contributed by atoms with Crippen molar-refractivity contribution in [3.05, 3.63) is 54.1 Å². The first-order valence-corrected chi connectivity index (χ1v) is 7.31. The summed E-state index contributed by atoms with van der Waals surface area (Å²) in [6.07, 6.45) is 0.0297. The van der Waals surface area contributed by atoms with Crippen LogP contribution in [-0.4, -0.2) is 19.1 Å². The first-order chi connectivity index (χ1) is 10.6. The van der Waals surface area contributed by atoms with Gasteiger partial charge >= 0.3 is 0 Å². The molecule has 2 rings (SSSR count). The van der Waals surface area contributed by atoms with Gasteiger partial charge in [-0.15, -0.1) is 0 Å². The number of nitrogens with one attached hydrogen (secondary N) is 1. The van der Waals surface area contributed by atoms with Gasteiger partial charge in [-0.3, -0.25) is 4.79 Å². The van der Waals surface area contributed by atoms with Gasteiger partial charge in [-0.05, 0) is 43.2 Å². The van der Waals surface area contributed by atoms with Crippen LogP contribution < -0.4 is 14.8 Å². The Balaban J connectivity index is 2.11. The summed E-state index contributed by atoms with van der Waals surface area (Å²) < 4.78 is 11.0. The predicted octanol–water partition coefficient (Wildman–Crippen LogP) is 3.80. The lowest BCUT2D eigenvalue weighted by molar-refractivity contribution is -0.122. The van der Waals surface area contributed by atoms with Gasteiger partial charge in [0.05, 0.1) is 12.8 Å². The molecule has 116 valence electrons. The van der Waals surface area contributed by atoms with Crippen molar-refractivity contribution in [3.63, 3.8) is 0 Å². The number of carbonyl (C=O) groups excluding carboxylic acids is 1. The number of anilines is 1. The van der Waals surface area contributed by atoms with E-state index in [1.807, 2.05) is 62.4 Å². The summed E-state index contributed by atoms with van der Waals surface area (Å²) in [4.78, 5) is 12.4. The first-order valence-electron chi connectivity index (χ1n) is 7.31. The molecule has 0 aliphatic rings. The molecular weight excluding hydrogens is 278 g/mol. The van der Waals surface area contributed by atoms with Crippen molar-refractivity contribution in [2.75, 3.05) is 12.4 Å². The van der Waals surface area contributed by atoms with Crippen LogP contribution in [0.4, 0.5) is 5.69 Å². The van der Waals surface area contributed by atoms with Crippen LogP contribution in [0.1, 0.15) is 18.9 Å². The minimum Gasteiger partial charge on any atom is -0.495 e. The number of para-hydroxylation sites is 1. The molecule has 0 aliphatic heterocycles. The second-order valence-electron chi connectivity index (χ2n) is 5.02. The normalized spacial score (nSPS) is 11.6. The van der Waals surface area contributed by atoms with Gasteiger partial charge in [0.15, 0.2) is 6.10 Å². The van der Waals surface area contributed by atoms with Gasteiger partial charge in [-0.2, -0.15) is 0 Å². The van der Waals surface area contributed by atoms with E-state index in [0.29, 0.717) is 23.6 Å². The first kappa shape index (κ1) is 15.9. The highest BCUT2D eigenvalue weighted by molar-refractivity contribution is 5.95. The van der Waals surface area contributed by atoms with Crippen LogP contribution in [0.25, 0.3) is 0 Å². The Kier molecular flexibility index (Phi) is 5.42. The third kappa shape index (κ3) is 4.01. The van der Waals surface area contributed by atoms with Crippen LogP contribution in [0.3, 0.4) is 0 Å². The lowest BCUT2D eigenvalue weighted by Gasteiger charge is -2.18. The highest BCUT2D eigenvalue weighted by atomic mass is 16.5. The van der Waals surface area contributed by atoms with Crippen LogP contribution >= 0.6 is 0 Å². The second-order valence-corrected chi connectivity index (χ2v) is 5.02. The summed E-state index contributed by atoms with van der Waals surface area (Å²) in [6, 6.07) is 15.0. The largest absolute Gasteiger partial charge is 0.495 e. The van der Waals surface area contributed by atoms with E-state index in [9.17, 15) is 4.79 Å². The molecule has 1 amide bonds. The van der Waals surface area contributed by atoms with Crippen molar-refractivity contribution in [1.29, 1.82) is 0 Å². The van der Waals surface area contributed by atoms with Gasteiger partial charge in [-0.25, -0.2) is 0 Å². The van der Waals surface area contributed by atoms with E-state index < -0.39 is 6.10 Å². The van der Waals surface area contributed by atoms with Crippen molar-refractivity contribution in [3.8, 4) is 11.5 Å². The van der Waals surface area contributed by atoms with Crippen LogP contribution in [-0.2, 0) is 4.79 Å². The number of amides is 1. The summed E-state index contributed by atoms with van der Waals surface area (Å²) in [6.45, 7) is 3.88. The maximum absolute atomic E-state index is 12.4. The summed E-state index contributed by atoms with van der Waals surface area (Å²) in [5, 5.41) is 2.88. The molecular formula is C18H21NO3. The van der Waals surface area contributed by atoms with Crippen molar-refractivity contribution in [2.24, 2.45) is 0 Å². The lowest BCUT2D eigenvalue weighted by atomic mass is 10.2. The molecule has 0 saturated heterocycles. The van der Waals surface area contributed by atoms with E-state index in [1.165, 1.54) is 0 Å². The van der Waals surface area contributed by atoms with Crippen LogP contribution in [0.5, 0.6) is 11.5 Å². The molecule has 0 aromatic heterocycles. The third-order valence-corrected chi connectivity index (χ3v) is 3.30. The van der Waals surface area contributed by atoms with E-state index in [1.54, 1.807) is 7.11 Å². The Bertz CT molecular complexity index is 625. The summed E-state index contributed by atoms with van der Waals surface area (Å²) in [5.74, 6) is 1.13. The molecule has 0 unspecified atom stereocenters. The highest BCUT2D eigenvalue weighted by Gasteiger charge is 2.19.